The van der Waals surface area contributed by atoms with Gasteiger partial charge in [-0.2, -0.15) is 0 Å². The van der Waals surface area contributed by atoms with Crippen LogP contribution in [-0.4, -0.2) is 49.3 Å². The van der Waals surface area contributed by atoms with Crippen molar-refractivity contribution in [2.24, 2.45) is 5.41 Å². The first-order valence-corrected chi connectivity index (χ1v) is 9.61. The molecule has 0 radical (unpaired) electrons. The highest BCUT2D eigenvalue weighted by molar-refractivity contribution is 6.02. The van der Waals surface area contributed by atoms with Crippen molar-refractivity contribution in [3.63, 3.8) is 0 Å². The number of hydrazine groups is 1. The Bertz CT molecular complexity index is 944. The van der Waals surface area contributed by atoms with Crippen molar-refractivity contribution in [1.82, 2.24) is 10.0 Å². The van der Waals surface area contributed by atoms with Crippen molar-refractivity contribution in [3.8, 4) is 5.75 Å². The third kappa shape index (κ3) is 2.49. The zero-order chi connectivity index (χ0) is 21.1. The fourth-order valence-electron chi connectivity index (χ4n) is 4.83. The Morgan fingerprint density at radius 3 is 2.17 bits per heavy atom. The zero-order valence-electron chi connectivity index (χ0n) is 17.6. The van der Waals surface area contributed by atoms with Crippen molar-refractivity contribution < 1.29 is 23.8 Å². The average Bonchev–Trinajstić information content (AvgIpc) is 3.33. The second-order valence-electron chi connectivity index (χ2n) is 8.12. The predicted molar refractivity (Wildman–Crippen MR) is 105 cm³/mol. The van der Waals surface area contributed by atoms with Gasteiger partial charge >= 0.3 is 11.9 Å². The van der Waals surface area contributed by atoms with Gasteiger partial charge in [-0.3, -0.25) is 10.0 Å². The molecule has 3 heterocycles. The molecule has 29 heavy (non-hydrogen) atoms. The lowest BCUT2D eigenvalue weighted by Gasteiger charge is -2.35. The van der Waals surface area contributed by atoms with Gasteiger partial charge in [-0.15, -0.1) is 0 Å². The molecule has 0 aliphatic carbocycles. The van der Waals surface area contributed by atoms with Gasteiger partial charge in [-0.25, -0.2) is 9.59 Å². The van der Waals surface area contributed by atoms with Gasteiger partial charge in [0.05, 0.1) is 39.0 Å². The largest absolute Gasteiger partial charge is 0.497 e. The van der Waals surface area contributed by atoms with Crippen molar-refractivity contribution in [2.75, 3.05) is 21.3 Å². The summed E-state index contributed by atoms with van der Waals surface area (Å²) in [4.78, 5) is 25.7. The Morgan fingerprint density at radius 2 is 1.62 bits per heavy atom. The first kappa shape index (κ1) is 19.4. The number of benzene rings is 1. The number of hydrogen-bond acceptors (Lipinski definition) is 7. The van der Waals surface area contributed by atoms with Crippen LogP contribution in [0.25, 0.3) is 0 Å². The van der Waals surface area contributed by atoms with E-state index in [1.54, 1.807) is 7.11 Å². The van der Waals surface area contributed by atoms with Crippen LogP contribution in [0, 0.1) is 5.41 Å². The Balaban J connectivity index is 1.92. The minimum atomic E-state index is -0.534. The lowest BCUT2D eigenvalue weighted by atomic mass is 9.77. The van der Waals surface area contributed by atoms with E-state index in [1.807, 2.05) is 29.3 Å². The smallest absolute Gasteiger partial charge is 0.356 e. The van der Waals surface area contributed by atoms with E-state index < -0.39 is 11.9 Å². The fraction of sp³-hybridized carbons (Fsp3) is 0.455. The number of methoxy groups -OCH3 is 3. The molecule has 0 spiro atoms. The summed E-state index contributed by atoms with van der Waals surface area (Å²) in [5.74, 6) is -0.268. The summed E-state index contributed by atoms with van der Waals surface area (Å²) in [6, 6.07) is 7.36. The van der Waals surface area contributed by atoms with Gasteiger partial charge < -0.3 is 14.2 Å². The molecule has 1 saturated heterocycles. The maximum atomic E-state index is 12.8. The summed E-state index contributed by atoms with van der Waals surface area (Å²) >= 11 is 0. The highest BCUT2D eigenvalue weighted by atomic mass is 16.5. The van der Waals surface area contributed by atoms with Crippen LogP contribution in [0.4, 0.5) is 0 Å². The molecule has 1 aromatic rings. The first-order valence-electron chi connectivity index (χ1n) is 9.61. The molecule has 7 nitrogen and oxygen atoms in total. The van der Waals surface area contributed by atoms with Gasteiger partial charge in [0.25, 0.3) is 0 Å². The van der Waals surface area contributed by atoms with Crippen LogP contribution in [0.1, 0.15) is 38.8 Å². The summed E-state index contributed by atoms with van der Waals surface area (Å²) in [6.07, 6.45) is 0.743. The van der Waals surface area contributed by atoms with E-state index in [0.29, 0.717) is 5.57 Å². The van der Waals surface area contributed by atoms with Crippen LogP contribution in [-0.2, 0) is 19.1 Å². The van der Waals surface area contributed by atoms with E-state index in [0.717, 1.165) is 23.4 Å². The number of ether oxygens (including phenoxy) is 3. The normalized spacial score (nSPS) is 24.2. The second-order valence-corrected chi connectivity index (χ2v) is 8.12. The van der Waals surface area contributed by atoms with Gasteiger partial charge in [-0.05, 0) is 30.2 Å². The molecule has 7 heteroatoms. The van der Waals surface area contributed by atoms with Gasteiger partial charge in [0.2, 0.25) is 0 Å². The molecule has 0 bridgehead atoms. The number of rotatable bonds is 4. The Labute approximate surface area is 170 Å². The van der Waals surface area contributed by atoms with Crippen molar-refractivity contribution in [1.29, 1.82) is 0 Å². The van der Waals surface area contributed by atoms with Crippen molar-refractivity contribution >= 4 is 11.9 Å². The third-order valence-electron chi connectivity index (χ3n) is 6.56. The highest BCUT2D eigenvalue weighted by Crippen LogP contribution is 2.60. The molecule has 4 rings (SSSR count). The molecule has 3 aliphatic rings. The Morgan fingerprint density at radius 1 is 1.00 bits per heavy atom. The molecule has 0 unspecified atom stereocenters. The molecular formula is C22H26N2O5. The quantitative estimate of drug-likeness (QED) is 0.723. The first-order chi connectivity index (χ1) is 13.8. The molecule has 154 valence electrons. The third-order valence-corrected chi connectivity index (χ3v) is 6.56. The molecule has 1 aromatic carbocycles. The van der Waals surface area contributed by atoms with Gasteiger partial charge in [0.15, 0.2) is 5.70 Å². The monoisotopic (exact) mass is 398 g/mol. The molecule has 0 N–H and O–H groups in total. The average molecular weight is 398 g/mol. The van der Waals surface area contributed by atoms with Crippen LogP contribution < -0.4 is 4.74 Å². The Hall–Kier alpha value is -2.96. The molecule has 2 atom stereocenters. The number of esters is 2. The van der Waals surface area contributed by atoms with Crippen LogP contribution in [0.5, 0.6) is 5.75 Å². The minimum Gasteiger partial charge on any atom is -0.497 e. The Kier molecular flexibility index (Phi) is 4.37. The maximum absolute atomic E-state index is 12.8. The van der Waals surface area contributed by atoms with Crippen molar-refractivity contribution in [2.45, 2.75) is 39.3 Å². The summed E-state index contributed by atoms with van der Waals surface area (Å²) in [5.41, 5.74) is 3.69. The lowest BCUT2D eigenvalue weighted by Crippen LogP contribution is -2.42. The van der Waals surface area contributed by atoms with Crippen LogP contribution in [0.3, 0.4) is 0 Å². The van der Waals surface area contributed by atoms with Crippen LogP contribution in [0.15, 0.2) is 46.8 Å². The number of nitrogens with zero attached hydrogens (tertiary/aromatic N) is 2. The zero-order valence-corrected chi connectivity index (χ0v) is 17.6. The molecule has 0 amide bonds. The maximum Gasteiger partial charge on any atom is 0.356 e. The molecular weight excluding hydrogens is 372 g/mol. The topological polar surface area (TPSA) is 68.3 Å². The summed E-state index contributed by atoms with van der Waals surface area (Å²) < 4.78 is 15.4. The van der Waals surface area contributed by atoms with E-state index in [4.69, 9.17) is 14.2 Å². The van der Waals surface area contributed by atoms with Crippen LogP contribution >= 0.6 is 0 Å². The number of carbonyl (C=O) groups is 2. The standard InChI is InChI=1S/C22H26N2O5/c1-12-15-11-16(13-7-9-14(27-4)10-8-13)23-18(21(26)29-6)17(20(25)28-5)19(24(15)23)22(12,2)3/h7-10,16,19H,11H2,1-6H3/t16-,19+/m0/s1. The summed E-state index contributed by atoms with van der Waals surface area (Å²) in [7, 11) is 4.30. The lowest BCUT2D eigenvalue weighted by molar-refractivity contribution is -0.141. The van der Waals surface area contributed by atoms with Crippen molar-refractivity contribution in [3.05, 3.63) is 52.4 Å². The minimum absolute atomic E-state index is 0.124. The van der Waals surface area contributed by atoms with E-state index >= 15 is 0 Å². The van der Waals surface area contributed by atoms with E-state index in [-0.39, 0.29) is 23.2 Å². The predicted octanol–water partition coefficient (Wildman–Crippen LogP) is 2.96. The highest BCUT2D eigenvalue weighted by Gasteiger charge is 2.62. The fourth-order valence-corrected chi connectivity index (χ4v) is 4.83. The van der Waals surface area contributed by atoms with Crippen LogP contribution in [0.2, 0.25) is 0 Å². The van der Waals surface area contributed by atoms with Gasteiger partial charge in [-0.1, -0.05) is 26.0 Å². The van der Waals surface area contributed by atoms with Gasteiger partial charge in [0, 0.05) is 17.5 Å². The second kappa shape index (κ2) is 6.54. The van der Waals surface area contributed by atoms with E-state index in [1.165, 1.54) is 19.8 Å². The van der Waals surface area contributed by atoms with E-state index in [2.05, 4.69) is 25.8 Å². The molecule has 3 aliphatic heterocycles. The summed E-state index contributed by atoms with van der Waals surface area (Å²) in [5, 5.41) is 4.03. The number of carbonyl (C=O) groups excluding carboxylic acids is 2. The molecule has 0 aromatic heterocycles. The van der Waals surface area contributed by atoms with Gasteiger partial charge in [0.1, 0.15) is 5.75 Å². The number of hydrogen-bond donors (Lipinski definition) is 0. The molecule has 1 fully saturated rings. The van der Waals surface area contributed by atoms with E-state index in [9.17, 15) is 9.59 Å². The summed E-state index contributed by atoms with van der Waals surface area (Å²) in [6.45, 7) is 6.30. The molecule has 0 saturated carbocycles. The SMILES string of the molecule is COC(=O)C1=C(C(=O)OC)N2[C@H](c3ccc(OC)cc3)CC3=C(C)C(C)(C)[C@@H]1N32.